The van der Waals surface area contributed by atoms with Gasteiger partial charge in [0.2, 0.25) is 11.8 Å². The maximum absolute atomic E-state index is 12.8. The lowest BCUT2D eigenvalue weighted by Crippen LogP contribution is -2.19. The van der Waals surface area contributed by atoms with E-state index < -0.39 is 64.1 Å². The molecular formula is C38H32N4O16S4. The summed E-state index contributed by atoms with van der Waals surface area (Å²) in [6, 6.07) is 26.7. The molecule has 0 radical (unpaired) electrons. The van der Waals surface area contributed by atoms with Crippen molar-refractivity contribution in [3.63, 3.8) is 0 Å². The van der Waals surface area contributed by atoms with Gasteiger partial charge >= 0.3 is 21.2 Å². The third-order valence-electron chi connectivity index (χ3n) is 7.86. The molecule has 20 nitrogen and oxygen atoms in total. The van der Waals surface area contributed by atoms with E-state index in [1.807, 2.05) is 0 Å². The normalized spacial score (nSPS) is 10.8. The Labute approximate surface area is 356 Å². The molecule has 0 heterocycles. The summed E-state index contributed by atoms with van der Waals surface area (Å²) in [5.41, 5.74) is 3.08. The fourth-order valence-electron chi connectivity index (χ4n) is 5.27. The predicted molar refractivity (Wildman–Crippen MR) is 222 cm³/mol. The molecule has 24 heteroatoms. The van der Waals surface area contributed by atoms with Crippen LogP contribution in [0, 0.1) is 6.92 Å². The van der Waals surface area contributed by atoms with Gasteiger partial charge in [0.1, 0.15) is 9.79 Å². The average molecular weight is 929 g/mol. The van der Waals surface area contributed by atoms with E-state index in [0.717, 1.165) is 18.2 Å². The zero-order chi connectivity index (χ0) is 46.4. The van der Waals surface area contributed by atoms with Crippen molar-refractivity contribution in [2.45, 2.75) is 16.7 Å². The van der Waals surface area contributed by atoms with Crippen molar-refractivity contribution >= 4 is 82.1 Å². The minimum Gasteiger partial charge on any atom is -0.355 e. The second-order valence-electron chi connectivity index (χ2n) is 12.1. The van der Waals surface area contributed by atoms with Crippen LogP contribution >= 0.6 is 0 Å². The van der Waals surface area contributed by atoms with Crippen molar-refractivity contribution in [3.8, 4) is 22.3 Å². The highest BCUT2D eigenvalue weighted by atomic mass is 32.2. The van der Waals surface area contributed by atoms with Gasteiger partial charge in [0, 0.05) is 58.5 Å². The first-order valence-electron chi connectivity index (χ1n) is 16.9. The highest BCUT2D eigenvalue weighted by Crippen LogP contribution is 2.32. The molecule has 6 N–H and O–H groups in total. The van der Waals surface area contributed by atoms with Gasteiger partial charge in [0.15, 0.2) is 0 Å². The standard InChI is InChI=1S/C38H32N4O10S2.2O3S/c1-23-6-16-31(33(20-23)53(47,48)49)24-7-11-28(12-8-24)40-35(43)18-19-36(44)41-30-15-17-32(34(22-30)54(50,51)52)25-9-13-29(14-10-25)42-38(46)27-5-3-4-26(21-27)37(45)39-2;2*1-4(2)3/h3-22H,1-2H3,(H,39,45)(H,40,43)(H,41,44)(H,42,46)(H,47,48,49)(H,50,51,52);;/b19-18+;;. The van der Waals surface area contributed by atoms with Gasteiger partial charge in [-0.15, -0.1) is 25.3 Å². The number of rotatable bonds is 11. The van der Waals surface area contributed by atoms with Crippen LogP contribution in [0.4, 0.5) is 17.1 Å². The summed E-state index contributed by atoms with van der Waals surface area (Å²) < 4.78 is 119. The van der Waals surface area contributed by atoms with Crippen LogP contribution in [-0.4, -0.2) is 81.9 Å². The molecular weight excluding hydrogens is 897 g/mol. The van der Waals surface area contributed by atoms with E-state index in [2.05, 4.69) is 21.3 Å². The van der Waals surface area contributed by atoms with Crippen molar-refractivity contribution in [1.29, 1.82) is 0 Å². The molecule has 0 aliphatic heterocycles. The molecule has 0 aliphatic rings. The molecule has 5 aromatic carbocycles. The highest BCUT2D eigenvalue weighted by molar-refractivity contribution is 7.86. The van der Waals surface area contributed by atoms with Crippen LogP contribution < -0.4 is 21.3 Å². The number of nitrogens with one attached hydrogen (secondary N) is 4. The first-order valence-corrected chi connectivity index (χ1v) is 21.7. The fraction of sp³-hybridized carbons (Fsp3) is 0.0526. The van der Waals surface area contributed by atoms with Crippen molar-refractivity contribution in [2.75, 3.05) is 23.0 Å². The van der Waals surface area contributed by atoms with Crippen LogP contribution in [0.1, 0.15) is 26.3 Å². The molecule has 0 bridgehead atoms. The van der Waals surface area contributed by atoms with Gasteiger partial charge in [-0.3, -0.25) is 28.3 Å². The van der Waals surface area contributed by atoms with E-state index >= 15 is 0 Å². The fourth-order valence-corrected chi connectivity index (χ4v) is 6.81. The SMILES string of the molecule is CNC(=O)c1cccc(C(=O)Nc2ccc(-c3ccc(NC(=O)/C=C/C(=O)Nc4ccc(-c5ccc(C)cc5S(=O)(=O)O)cc4)cc3S(=O)(=O)O)cc2)c1.O=S(=O)=O.O=S(=O)=O. The molecule has 0 aromatic heterocycles. The summed E-state index contributed by atoms with van der Waals surface area (Å²) in [6.45, 7) is 1.69. The number of carbonyl (C=O) groups excluding carboxylic acids is 4. The molecule has 4 amide bonds. The molecule has 324 valence electrons. The minimum atomic E-state index is -4.79. The molecule has 0 atom stereocenters. The number of hydrogen-bond acceptors (Lipinski definition) is 14. The molecule has 0 fully saturated rings. The molecule has 0 saturated heterocycles. The third-order valence-corrected chi connectivity index (χ3v) is 9.65. The molecule has 5 rings (SSSR count). The Morgan fingerprint density at radius 3 is 1.35 bits per heavy atom. The Bertz CT molecular complexity index is 2970. The third kappa shape index (κ3) is 15.4. The zero-order valence-corrected chi connectivity index (χ0v) is 35.1. The van der Waals surface area contributed by atoms with Crippen LogP contribution in [0.25, 0.3) is 22.3 Å². The van der Waals surface area contributed by atoms with E-state index in [0.29, 0.717) is 33.6 Å². The number of aryl methyl sites for hydroxylation is 1. The second-order valence-corrected chi connectivity index (χ2v) is 15.7. The summed E-state index contributed by atoms with van der Waals surface area (Å²) >= 11 is 0. The Morgan fingerprint density at radius 1 is 0.516 bits per heavy atom. The predicted octanol–water partition coefficient (Wildman–Crippen LogP) is 3.56. The summed E-state index contributed by atoms with van der Waals surface area (Å²) in [7, 11) is -14.0. The van der Waals surface area contributed by atoms with E-state index in [-0.39, 0.29) is 33.2 Å². The quantitative estimate of drug-likeness (QED) is 0.0815. The maximum Gasteiger partial charge on any atom is 0.425 e. The smallest absolute Gasteiger partial charge is 0.355 e. The van der Waals surface area contributed by atoms with Gasteiger partial charge in [-0.2, -0.15) is 16.8 Å². The molecule has 62 heavy (non-hydrogen) atoms. The van der Waals surface area contributed by atoms with E-state index in [4.69, 9.17) is 25.3 Å². The van der Waals surface area contributed by atoms with Gasteiger partial charge in [-0.1, -0.05) is 48.5 Å². The monoisotopic (exact) mass is 928 g/mol. The number of benzene rings is 5. The molecule has 0 unspecified atom stereocenters. The van der Waals surface area contributed by atoms with Crippen LogP contribution in [0.5, 0.6) is 0 Å². The number of anilines is 3. The summed E-state index contributed by atoms with van der Waals surface area (Å²) in [6.07, 6.45) is 1.86. The Hall–Kier alpha value is -7.22. The lowest BCUT2D eigenvalue weighted by Gasteiger charge is -2.12. The lowest BCUT2D eigenvalue weighted by atomic mass is 10.0. The first-order chi connectivity index (χ1) is 29.0. The Balaban J connectivity index is 0.00000118. The van der Waals surface area contributed by atoms with E-state index in [1.165, 1.54) is 67.7 Å². The molecule has 0 saturated carbocycles. The lowest BCUT2D eigenvalue weighted by molar-refractivity contribution is -0.114. The first kappa shape index (κ1) is 49.1. The zero-order valence-electron chi connectivity index (χ0n) is 31.8. The second kappa shape index (κ2) is 21.9. The van der Waals surface area contributed by atoms with Crippen LogP contribution in [0.2, 0.25) is 0 Å². The van der Waals surface area contributed by atoms with Crippen LogP contribution in [0.15, 0.2) is 131 Å². The highest BCUT2D eigenvalue weighted by Gasteiger charge is 2.20. The summed E-state index contributed by atoms with van der Waals surface area (Å²) in [5.74, 6) is -2.30. The van der Waals surface area contributed by atoms with Gasteiger partial charge in [0.05, 0.1) is 0 Å². The Morgan fingerprint density at radius 2 is 0.903 bits per heavy atom. The average Bonchev–Trinajstić information content (AvgIpc) is 3.19. The minimum absolute atomic E-state index is 0.000240. The largest absolute Gasteiger partial charge is 0.425 e. The van der Waals surface area contributed by atoms with Crippen molar-refractivity contribution in [1.82, 2.24) is 5.32 Å². The summed E-state index contributed by atoms with van der Waals surface area (Å²) in [5, 5.41) is 10.2. The van der Waals surface area contributed by atoms with Crippen LogP contribution in [-0.2, 0) is 51.0 Å². The van der Waals surface area contributed by atoms with Crippen molar-refractivity contribution in [2.24, 2.45) is 0 Å². The van der Waals surface area contributed by atoms with E-state index in [9.17, 15) is 45.1 Å². The van der Waals surface area contributed by atoms with Crippen LogP contribution in [0.3, 0.4) is 0 Å². The number of amides is 4. The van der Waals surface area contributed by atoms with Crippen molar-refractivity contribution < 1.29 is 70.4 Å². The maximum atomic E-state index is 12.8. The van der Waals surface area contributed by atoms with Gasteiger partial charge in [-0.05, 0) is 84.3 Å². The number of hydrogen-bond donors (Lipinski definition) is 6. The number of carbonyl (C=O) groups is 4. The Kier molecular flexibility index (Phi) is 17.3. The van der Waals surface area contributed by atoms with E-state index in [1.54, 1.807) is 49.4 Å². The molecule has 5 aromatic rings. The molecule has 0 spiro atoms. The van der Waals surface area contributed by atoms with Gasteiger partial charge < -0.3 is 21.3 Å². The topological polar surface area (TPSA) is 328 Å². The van der Waals surface area contributed by atoms with Gasteiger partial charge in [0.25, 0.3) is 32.1 Å². The van der Waals surface area contributed by atoms with Gasteiger partial charge in [-0.25, -0.2) is 0 Å². The molecule has 0 aliphatic carbocycles. The summed E-state index contributed by atoms with van der Waals surface area (Å²) in [4.78, 5) is 49.0. The van der Waals surface area contributed by atoms with Crippen molar-refractivity contribution in [3.05, 3.63) is 138 Å².